The summed E-state index contributed by atoms with van der Waals surface area (Å²) in [4.78, 5) is 14.8. The first kappa shape index (κ1) is 13.3. The number of aromatic nitrogens is 1. The van der Waals surface area contributed by atoms with Crippen LogP contribution in [0, 0.1) is 11.3 Å². The number of hydrogen-bond donors (Lipinski definition) is 2. The molecule has 2 N–H and O–H groups in total. The molecule has 0 saturated carbocycles. The Balaban J connectivity index is 2.35. The fourth-order valence-corrected chi connectivity index (χ4v) is 1.66. The van der Waals surface area contributed by atoms with Gasteiger partial charge in [-0.3, -0.25) is 4.98 Å². The molecule has 2 rings (SSSR count). The van der Waals surface area contributed by atoms with Gasteiger partial charge >= 0.3 is 5.97 Å². The second-order valence-corrected chi connectivity index (χ2v) is 3.99. The monoisotopic (exact) mass is 266 g/mol. The van der Waals surface area contributed by atoms with Crippen LogP contribution < -0.4 is 0 Å². The lowest BCUT2D eigenvalue weighted by Gasteiger charge is -2.01. The van der Waals surface area contributed by atoms with E-state index in [1.165, 1.54) is 18.3 Å². The smallest absolute Gasteiger partial charge is 0.339 e. The molecule has 5 nitrogen and oxygen atoms in total. The molecule has 0 aliphatic carbocycles. The highest BCUT2D eigenvalue weighted by molar-refractivity contribution is 5.91. The summed E-state index contributed by atoms with van der Waals surface area (Å²) in [5.74, 6) is -1.48. The number of rotatable bonds is 3. The third kappa shape index (κ3) is 2.82. The number of carboxylic acids is 1. The molecule has 0 fully saturated rings. The number of nitrogens with zero attached hydrogens (tertiary/aromatic N) is 2. The highest BCUT2D eigenvalue weighted by Gasteiger charge is 2.09. The molecular weight excluding hydrogens is 256 g/mol. The lowest BCUT2D eigenvalue weighted by atomic mass is 10.1. The van der Waals surface area contributed by atoms with Crippen LogP contribution in [0.15, 0.2) is 36.7 Å². The minimum Gasteiger partial charge on any atom is -0.507 e. The van der Waals surface area contributed by atoms with E-state index in [0.29, 0.717) is 16.7 Å². The van der Waals surface area contributed by atoms with Crippen molar-refractivity contribution < 1.29 is 15.0 Å². The standard InChI is InChI=1S/C15H10N2O3/c16-8-12-9-17-6-5-11(12)3-1-10-2-4-14(18)13(7-10)15(19)20/h1-7,9,18H,(H,19,20). The number of phenols is 1. The summed E-state index contributed by atoms with van der Waals surface area (Å²) < 4.78 is 0. The van der Waals surface area contributed by atoms with Crippen LogP contribution in [0.2, 0.25) is 0 Å². The second-order valence-electron chi connectivity index (χ2n) is 3.99. The van der Waals surface area contributed by atoms with Gasteiger partial charge in [0.1, 0.15) is 17.4 Å². The molecule has 0 atom stereocenters. The predicted molar refractivity (Wildman–Crippen MR) is 72.9 cm³/mol. The average molecular weight is 266 g/mol. The SMILES string of the molecule is N#Cc1cnccc1C=Cc1ccc(O)c(C(=O)O)c1. The lowest BCUT2D eigenvalue weighted by Crippen LogP contribution is -1.96. The van der Waals surface area contributed by atoms with Crippen LogP contribution in [-0.2, 0) is 0 Å². The number of aromatic carboxylic acids is 1. The van der Waals surface area contributed by atoms with Crippen molar-refractivity contribution in [3.63, 3.8) is 0 Å². The Labute approximate surface area is 115 Å². The van der Waals surface area contributed by atoms with Crippen molar-refractivity contribution in [3.05, 3.63) is 58.9 Å². The van der Waals surface area contributed by atoms with Gasteiger partial charge < -0.3 is 10.2 Å². The van der Waals surface area contributed by atoms with Gasteiger partial charge in [0.15, 0.2) is 0 Å². The maximum Gasteiger partial charge on any atom is 0.339 e. The second kappa shape index (κ2) is 5.67. The van der Waals surface area contributed by atoms with Crippen LogP contribution in [-0.4, -0.2) is 21.2 Å². The predicted octanol–water partition coefficient (Wildman–Crippen LogP) is 2.53. The Morgan fingerprint density at radius 1 is 1.30 bits per heavy atom. The molecule has 0 radical (unpaired) electrons. The Morgan fingerprint density at radius 3 is 2.80 bits per heavy atom. The summed E-state index contributed by atoms with van der Waals surface area (Å²) in [6, 6.07) is 7.98. The Morgan fingerprint density at radius 2 is 2.10 bits per heavy atom. The van der Waals surface area contributed by atoms with E-state index in [1.807, 2.05) is 6.07 Å². The zero-order valence-electron chi connectivity index (χ0n) is 10.3. The highest BCUT2D eigenvalue weighted by atomic mass is 16.4. The fraction of sp³-hybridized carbons (Fsp3) is 0. The van der Waals surface area contributed by atoms with E-state index in [2.05, 4.69) is 4.98 Å². The van der Waals surface area contributed by atoms with E-state index < -0.39 is 5.97 Å². The van der Waals surface area contributed by atoms with Gasteiger partial charge in [-0.05, 0) is 29.3 Å². The summed E-state index contributed by atoms with van der Waals surface area (Å²) in [7, 11) is 0. The number of benzene rings is 1. The number of carboxylic acid groups (broad SMARTS) is 1. The van der Waals surface area contributed by atoms with Crippen molar-refractivity contribution in [1.82, 2.24) is 4.98 Å². The zero-order chi connectivity index (χ0) is 14.5. The fourth-order valence-electron chi connectivity index (χ4n) is 1.66. The van der Waals surface area contributed by atoms with E-state index in [1.54, 1.807) is 30.5 Å². The van der Waals surface area contributed by atoms with Gasteiger partial charge in [0.2, 0.25) is 0 Å². The average Bonchev–Trinajstić information content (AvgIpc) is 2.46. The highest BCUT2D eigenvalue weighted by Crippen LogP contribution is 2.20. The molecule has 0 unspecified atom stereocenters. The molecule has 0 aliphatic heterocycles. The molecule has 1 heterocycles. The summed E-state index contributed by atoms with van der Waals surface area (Å²) in [5, 5.41) is 27.3. The topological polar surface area (TPSA) is 94.2 Å². The van der Waals surface area contributed by atoms with Gasteiger partial charge in [0, 0.05) is 12.4 Å². The van der Waals surface area contributed by atoms with E-state index in [-0.39, 0.29) is 11.3 Å². The van der Waals surface area contributed by atoms with E-state index >= 15 is 0 Å². The van der Waals surface area contributed by atoms with E-state index in [4.69, 9.17) is 10.4 Å². The summed E-state index contributed by atoms with van der Waals surface area (Å²) in [6.07, 6.45) is 6.39. The van der Waals surface area contributed by atoms with Crippen molar-refractivity contribution in [2.75, 3.05) is 0 Å². The van der Waals surface area contributed by atoms with E-state index in [9.17, 15) is 9.90 Å². The van der Waals surface area contributed by atoms with Gasteiger partial charge in [0.25, 0.3) is 0 Å². The molecule has 0 amide bonds. The number of pyridine rings is 1. The molecule has 1 aromatic carbocycles. The van der Waals surface area contributed by atoms with Crippen LogP contribution in [0.1, 0.15) is 27.0 Å². The van der Waals surface area contributed by atoms with Crippen molar-refractivity contribution in [3.8, 4) is 11.8 Å². The molecule has 5 heteroatoms. The number of hydrogen-bond acceptors (Lipinski definition) is 4. The van der Waals surface area contributed by atoms with Crippen molar-refractivity contribution in [2.24, 2.45) is 0 Å². The zero-order valence-corrected chi connectivity index (χ0v) is 10.3. The molecule has 20 heavy (non-hydrogen) atoms. The van der Waals surface area contributed by atoms with Crippen LogP contribution in [0.4, 0.5) is 0 Å². The summed E-state index contributed by atoms with van der Waals surface area (Å²) in [6.45, 7) is 0. The minimum atomic E-state index is -1.20. The van der Waals surface area contributed by atoms with Gasteiger partial charge in [0.05, 0.1) is 5.56 Å². The molecule has 2 aromatic rings. The molecule has 0 spiro atoms. The first-order valence-corrected chi connectivity index (χ1v) is 5.70. The van der Waals surface area contributed by atoms with Gasteiger partial charge in [-0.1, -0.05) is 18.2 Å². The first-order chi connectivity index (χ1) is 9.61. The first-order valence-electron chi connectivity index (χ1n) is 5.70. The quantitative estimate of drug-likeness (QED) is 0.890. The van der Waals surface area contributed by atoms with Crippen molar-refractivity contribution in [2.45, 2.75) is 0 Å². The van der Waals surface area contributed by atoms with E-state index in [0.717, 1.165) is 0 Å². The molecule has 98 valence electrons. The molecule has 1 aromatic heterocycles. The lowest BCUT2D eigenvalue weighted by molar-refractivity contribution is 0.0693. The maximum atomic E-state index is 10.9. The normalized spacial score (nSPS) is 10.3. The summed E-state index contributed by atoms with van der Waals surface area (Å²) >= 11 is 0. The minimum absolute atomic E-state index is 0.164. The maximum absolute atomic E-state index is 10.9. The van der Waals surface area contributed by atoms with Gasteiger partial charge in [-0.15, -0.1) is 0 Å². The van der Waals surface area contributed by atoms with Gasteiger partial charge in [-0.25, -0.2) is 4.79 Å². The Bertz CT molecular complexity index is 730. The summed E-state index contributed by atoms with van der Waals surface area (Å²) in [5.41, 5.74) is 1.57. The largest absolute Gasteiger partial charge is 0.507 e. The third-order valence-electron chi connectivity index (χ3n) is 2.68. The van der Waals surface area contributed by atoms with Crippen molar-refractivity contribution in [1.29, 1.82) is 5.26 Å². The van der Waals surface area contributed by atoms with Gasteiger partial charge in [-0.2, -0.15) is 5.26 Å². The third-order valence-corrected chi connectivity index (χ3v) is 2.68. The Hall–Kier alpha value is -3.13. The number of nitriles is 1. The van der Waals surface area contributed by atoms with Crippen LogP contribution in [0.3, 0.4) is 0 Å². The molecule has 0 saturated heterocycles. The molecular formula is C15H10N2O3. The van der Waals surface area contributed by atoms with Crippen LogP contribution >= 0.6 is 0 Å². The number of carbonyl (C=O) groups is 1. The molecule has 0 bridgehead atoms. The van der Waals surface area contributed by atoms with Crippen LogP contribution in [0.5, 0.6) is 5.75 Å². The Kier molecular flexibility index (Phi) is 3.77. The van der Waals surface area contributed by atoms with Crippen molar-refractivity contribution >= 4 is 18.1 Å². The van der Waals surface area contributed by atoms with Crippen LogP contribution in [0.25, 0.3) is 12.2 Å². The molecule has 0 aliphatic rings. The number of aromatic hydroxyl groups is 1.